The molecule has 0 heterocycles. The zero-order valence-corrected chi connectivity index (χ0v) is 14.1. The van der Waals surface area contributed by atoms with E-state index < -0.39 is 8.32 Å². The van der Waals surface area contributed by atoms with Crippen molar-refractivity contribution in [2.75, 3.05) is 14.2 Å². The maximum absolute atomic E-state index is 10.4. The summed E-state index contributed by atoms with van der Waals surface area (Å²) in [7, 11) is 1.12. The second-order valence-electron chi connectivity index (χ2n) is 6.25. The average molecular weight is 282 g/mol. The predicted molar refractivity (Wildman–Crippen MR) is 81.7 cm³/mol. The zero-order chi connectivity index (χ0) is 14.8. The second kappa shape index (κ2) is 5.55. The van der Waals surface area contributed by atoms with E-state index in [0.717, 1.165) is 29.0 Å². The van der Waals surface area contributed by atoms with E-state index in [9.17, 15) is 4.80 Å². The Hall–Kier alpha value is -1.00. The lowest BCUT2D eigenvalue weighted by Crippen LogP contribution is -2.40. The molecule has 1 aromatic carbocycles. The van der Waals surface area contributed by atoms with E-state index in [1.54, 1.807) is 14.2 Å². The third-order valence-corrected chi connectivity index (χ3v) is 7.60. The molecular formula is C15H26O3Si. The summed E-state index contributed by atoms with van der Waals surface area (Å²) in [6.45, 7) is 10.2. The van der Waals surface area contributed by atoms with Crippen molar-refractivity contribution in [3.63, 3.8) is 0 Å². The zero-order valence-electron chi connectivity index (χ0n) is 13.1. The van der Waals surface area contributed by atoms with Gasteiger partial charge in [-0.1, -0.05) is 13.8 Å². The molecule has 0 aliphatic rings. The molecule has 108 valence electrons. The highest BCUT2D eigenvalue weighted by Gasteiger charge is 2.38. The Bertz CT molecular complexity index is 422. The number of rotatable bonds is 5. The number of ether oxygens (including phenoxy) is 2. The van der Waals surface area contributed by atoms with Crippen LogP contribution in [0, 0.1) is 6.92 Å². The van der Waals surface area contributed by atoms with Crippen molar-refractivity contribution in [3.05, 3.63) is 23.3 Å². The van der Waals surface area contributed by atoms with Crippen molar-refractivity contribution in [2.24, 2.45) is 0 Å². The summed E-state index contributed by atoms with van der Waals surface area (Å²) in [4.78, 5) is 10.4. The molecule has 0 aromatic heterocycles. The quantitative estimate of drug-likeness (QED) is 0.840. The molecule has 0 radical (unpaired) electrons. The third-order valence-electron chi connectivity index (χ3n) is 4.11. The number of hydrogen-bond donors (Lipinski definition) is 1. The maximum atomic E-state index is 10.4. The van der Waals surface area contributed by atoms with Crippen LogP contribution in [0.1, 0.15) is 25.0 Å². The lowest BCUT2D eigenvalue weighted by atomic mass is 9.99. The highest BCUT2D eigenvalue weighted by Crippen LogP contribution is 2.40. The summed E-state index contributed by atoms with van der Waals surface area (Å²) in [5.74, 6) is 1.67. The SMILES string of the molecule is COc1cc(CC(C)(C)[Si](C)(C)O)cc(OC)c1C. The molecule has 0 bridgehead atoms. The van der Waals surface area contributed by atoms with Crippen LogP contribution in [0.3, 0.4) is 0 Å². The highest BCUT2D eigenvalue weighted by atomic mass is 28.4. The predicted octanol–water partition coefficient (Wildman–Crippen LogP) is 3.53. The molecule has 0 spiro atoms. The molecule has 0 fully saturated rings. The fourth-order valence-corrected chi connectivity index (χ4v) is 2.61. The first-order chi connectivity index (χ1) is 8.62. The van der Waals surface area contributed by atoms with Crippen molar-refractivity contribution in [1.82, 2.24) is 0 Å². The van der Waals surface area contributed by atoms with Gasteiger partial charge in [0.15, 0.2) is 8.32 Å². The lowest BCUT2D eigenvalue weighted by Gasteiger charge is -2.35. The van der Waals surface area contributed by atoms with Crippen LogP contribution in [0.5, 0.6) is 11.5 Å². The van der Waals surface area contributed by atoms with Gasteiger partial charge in [-0.25, -0.2) is 0 Å². The van der Waals surface area contributed by atoms with Crippen LogP contribution in [-0.2, 0) is 6.42 Å². The van der Waals surface area contributed by atoms with Crippen LogP contribution in [0.4, 0.5) is 0 Å². The van der Waals surface area contributed by atoms with E-state index in [0.29, 0.717) is 0 Å². The summed E-state index contributed by atoms with van der Waals surface area (Å²) < 4.78 is 10.8. The summed E-state index contributed by atoms with van der Waals surface area (Å²) in [6, 6.07) is 4.08. The van der Waals surface area contributed by atoms with Crippen LogP contribution in [-0.4, -0.2) is 27.3 Å². The molecule has 19 heavy (non-hydrogen) atoms. The Balaban J connectivity index is 3.16. The van der Waals surface area contributed by atoms with E-state index >= 15 is 0 Å². The van der Waals surface area contributed by atoms with E-state index in [1.807, 2.05) is 32.2 Å². The van der Waals surface area contributed by atoms with E-state index in [1.165, 1.54) is 0 Å². The maximum Gasteiger partial charge on any atom is 0.188 e. The molecule has 0 amide bonds. The molecule has 1 rings (SSSR count). The number of methoxy groups -OCH3 is 2. The van der Waals surface area contributed by atoms with Crippen LogP contribution >= 0.6 is 0 Å². The first kappa shape index (κ1) is 16.1. The smallest absolute Gasteiger partial charge is 0.188 e. The lowest BCUT2D eigenvalue weighted by molar-refractivity contribution is 0.387. The van der Waals surface area contributed by atoms with Crippen molar-refractivity contribution >= 4 is 8.32 Å². The van der Waals surface area contributed by atoms with Crippen molar-refractivity contribution in [1.29, 1.82) is 0 Å². The van der Waals surface area contributed by atoms with E-state index in [4.69, 9.17) is 9.47 Å². The molecule has 0 saturated heterocycles. The largest absolute Gasteiger partial charge is 0.496 e. The standard InChI is InChI=1S/C15H26O3Si/c1-11-13(17-4)8-12(9-14(11)18-5)10-15(2,3)19(6,7)16/h8-9,16H,10H2,1-7H3. The molecule has 0 unspecified atom stereocenters. The minimum Gasteiger partial charge on any atom is -0.496 e. The molecule has 1 N–H and O–H groups in total. The van der Waals surface area contributed by atoms with Crippen LogP contribution in [0.15, 0.2) is 12.1 Å². The Morgan fingerprint density at radius 2 is 1.53 bits per heavy atom. The fraction of sp³-hybridized carbons (Fsp3) is 0.600. The van der Waals surface area contributed by atoms with Gasteiger partial charge >= 0.3 is 0 Å². The van der Waals surface area contributed by atoms with Crippen molar-refractivity contribution in [3.8, 4) is 11.5 Å². The topological polar surface area (TPSA) is 38.7 Å². The van der Waals surface area contributed by atoms with Gasteiger partial charge in [0.1, 0.15) is 11.5 Å². The summed E-state index contributed by atoms with van der Waals surface area (Å²) in [5, 5.41) is -0.0989. The molecular weight excluding hydrogens is 256 g/mol. The van der Waals surface area contributed by atoms with Crippen LogP contribution in [0.25, 0.3) is 0 Å². The first-order valence-electron chi connectivity index (χ1n) is 6.56. The van der Waals surface area contributed by atoms with Gasteiger partial charge in [0, 0.05) is 5.56 Å². The van der Waals surface area contributed by atoms with E-state index in [2.05, 4.69) is 13.8 Å². The van der Waals surface area contributed by atoms with Gasteiger partial charge in [-0.05, 0) is 49.2 Å². The Morgan fingerprint density at radius 1 is 1.11 bits per heavy atom. The fourth-order valence-electron chi connectivity index (χ4n) is 1.97. The molecule has 3 nitrogen and oxygen atoms in total. The van der Waals surface area contributed by atoms with Crippen molar-refractivity contribution < 1.29 is 14.3 Å². The first-order valence-corrected chi connectivity index (χ1v) is 9.51. The van der Waals surface area contributed by atoms with Gasteiger partial charge in [-0.3, -0.25) is 0 Å². The number of benzene rings is 1. The highest BCUT2D eigenvalue weighted by molar-refractivity contribution is 6.72. The van der Waals surface area contributed by atoms with Gasteiger partial charge < -0.3 is 14.3 Å². The van der Waals surface area contributed by atoms with E-state index in [-0.39, 0.29) is 5.04 Å². The summed E-state index contributed by atoms with van der Waals surface area (Å²) in [5.41, 5.74) is 2.14. The van der Waals surface area contributed by atoms with Crippen LogP contribution < -0.4 is 9.47 Å². The van der Waals surface area contributed by atoms with Gasteiger partial charge in [-0.15, -0.1) is 0 Å². The molecule has 1 aromatic rings. The number of hydrogen-bond acceptors (Lipinski definition) is 3. The minimum atomic E-state index is -2.22. The van der Waals surface area contributed by atoms with Crippen molar-refractivity contribution in [2.45, 2.75) is 45.3 Å². The monoisotopic (exact) mass is 282 g/mol. The molecule has 4 heteroatoms. The minimum absolute atomic E-state index is 0.0989. The molecule has 0 aliphatic heterocycles. The Kier molecular flexibility index (Phi) is 4.69. The second-order valence-corrected chi connectivity index (χ2v) is 10.7. The Labute approximate surface area is 117 Å². The third kappa shape index (κ3) is 3.51. The van der Waals surface area contributed by atoms with Gasteiger partial charge in [-0.2, -0.15) is 0 Å². The average Bonchev–Trinajstić information content (AvgIpc) is 2.29. The molecule has 0 aliphatic carbocycles. The summed E-state index contributed by atoms with van der Waals surface area (Å²) >= 11 is 0. The Morgan fingerprint density at radius 3 is 1.84 bits per heavy atom. The van der Waals surface area contributed by atoms with Gasteiger partial charge in [0.25, 0.3) is 0 Å². The summed E-state index contributed by atoms with van der Waals surface area (Å²) in [6.07, 6.45) is 0.815. The van der Waals surface area contributed by atoms with Gasteiger partial charge in [0.05, 0.1) is 14.2 Å². The molecule has 0 atom stereocenters. The van der Waals surface area contributed by atoms with Gasteiger partial charge in [0.2, 0.25) is 0 Å². The molecule has 0 saturated carbocycles. The van der Waals surface area contributed by atoms with Crippen LogP contribution in [0.2, 0.25) is 18.1 Å². The normalized spacial score (nSPS) is 12.4.